The maximum atomic E-state index is 12.8. The highest BCUT2D eigenvalue weighted by atomic mass is 19.4. The van der Waals surface area contributed by atoms with E-state index >= 15 is 0 Å². The average Bonchev–Trinajstić information content (AvgIpc) is 2.65. The molecule has 2 N–H and O–H groups in total. The third-order valence-corrected chi connectivity index (χ3v) is 4.12. The Bertz CT molecular complexity index is 833. The molecule has 0 radical (unpaired) electrons. The van der Waals surface area contributed by atoms with Gasteiger partial charge < -0.3 is 10.6 Å². The van der Waals surface area contributed by atoms with Crippen molar-refractivity contribution in [3.63, 3.8) is 0 Å². The number of rotatable bonds is 7. The molecule has 0 heterocycles. The molecule has 0 saturated heterocycles. The van der Waals surface area contributed by atoms with Gasteiger partial charge >= 0.3 is 6.18 Å². The second kappa shape index (κ2) is 9.36. The molecule has 150 valence electrons. The van der Waals surface area contributed by atoms with E-state index in [2.05, 4.69) is 10.6 Å². The van der Waals surface area contributed by atoms with E-state index in [1.165, 1.54) is 24.3 Å². The van der Waals surface area contributed by atoms with Gasteiger partial charge in [0.05, 0.1) is 12.1 Å². The number of alkyl halides is 3. The van der Waals surface area contributed by atoms with E-state index in [0.29, 0.717) is 5.69 Å². The molecule has 8 heteroatoms. The van der Waals surface area contributed by atoms with E-state index in [9.17, 15) is 22.8 Å². The van der Waals surface area contributed by atoms with Gasteiger partial charge in [0.1, 0.15) is 0 Å². The molecule has 0 saturated carbocycles. The minimum Gasteiger partial charge on any atom is -0.325 e. The number of amides is 2. The summed E-state index contributed by atoms with van der Waals surface area (Å²) in [6.45, 7) is 5.62. The van der Waals surface area contributed by atoms with Crippen molar-refractivity contribution in [1.29, 1.82) is 0 Å². The Hall–Kier alpha value is -2.87. The molecule has 2 aromatic rings. The standard InChI is InChI=1S/C20H22F3N3O2/c1-3-26(4-2)13-18(27)24-16-9-5-7-14(11-16)19(28)25-17-10-6-8-15(12-17)20(21,22)23/h5-12H,3-4,13H2,1-2H3,(H,24,27)(H,25,28). The number of hydrogen-bond acceptors (Lipinski definition) is 3. The summed E-state index contributed by atoms with van der Waals surface area (Å²) >= 11 is 0. The zero-order valence-corrected chi connectivity index (χ0v) is 15.6. The lowest BCUT2D eigenvalue weighted by atomic mass is 10.1. The summed E-state index contributed by atoms with van der Waals surface area (Å²) in [5, 5.41) is 5.16. The summed E-state index contributed by atoms with van der Waals surface area (Å²) < 4.78 is 38.4. The van der Waals surface area contributed by atoms with Crippen LogP contribution in [0.5, 0.6) is 0 Å². The number of anilines is 2. The van der Waals surface area contributed by atoms with Crippen molar-refractivity contribution in [2.24, 2.45) is 0 Å². The predicted octanol–water partition coefficient (Wildman–Crippen LogP) is 4.24. The molecule has 0 aliphatic heterocycles. The highest BCUT2D eigenvalue weighted by Crippen LogP contribution is 2.30. The van der Waals surface area contributed by atoms with Crippen molar-refractivity contribution in [3.05, 3.63) is 59.7 Å². The van der Waals surface area contributed by atoms with E-state index in [-0.39, 0.29) is 23.7 Å². The van der Waals surface area contributed by atoms with Gasteiger partial charge in [-0.2, -0.15) is 13.2 Å². The molecule has 2 amide bonds. The van der Waals surface area contributed by atoms with Gasteiger partial charge in [0.25, 0.3) is 5.91 Å². The summed E-state index contributed by atoms with van der Waals surface area (Å²) in [5.74, 6) is -0.779. The molecule has 0 bridgehead atoms. The fourth-order valence-electron chi connectivity index (χ4n) is 2.57. The van der Waals surface area contributed by atoms with Crippen molar-refractivity contribution in [2.75, 3.05) is 30.3 Å². The smallest absolute Gasteiger partial charge is 0.325 e. The predicted molar refractivity (Wildman–Crippen MR) is 102 cm³/mol. The van der Waals surface area contributed by atoms with Crippen molar-refractivity contribution in [2.45, 2.75) is 20.0 Å². The number of benzene rings is 2. The van der Waals surface area contributed by atoms with Crippen LogP contribution in [0.1, 0.15) is 29.8 Å². The van der Waals surface area contributed by atoms with Crippen LogP contribution in [0, 0.1) is 0 Å². The first kappa shape index (κ1) is 21.4. The molecule has 0 aromatic heterocycles. The van der Waals surface area contributed by atoms with Crippen LogP contribution >= 0.6 is 0 Å². The van der Waals surface area contributed by atoms with E-state index in [1.54, 1.807) is 12.1 Å². The van der Waals surface area contributed by atoms with Gasteiger partial charge in [-0.25, -0.2) is 0 Å². The zero-order chi connectivity index (χ0) is 20.7. The quantitative estimate of drug-likeness (QED) is 0.740. The number of nitrogens with one attached hydrogen (secondary N) is 2. The monoisotopic (exact) mass is 393 g/mol. The maximum absolute atomic E-state index is 12.8. The van der Waals surface area contributed by atoms with Crippen LogP contribution in [0.25, 0.3) is 0 Å². The van der Waals surface area contributed by atoms with Gasteiger partial charge in [-0.05, 0) is 49.5 Å². The molecule has 5 nitrogen and oxygen atoms in total. The van der Waals surface area contributed by atoms with E-state index < -0.39 is 17.6 Å². The zero-order valence-electron chi connectivity index (χ0n) is 15.6. The lowest BCUT2D eigenvalue weighted by molar-refractivity contribution is -0.137. The number of carbonyl (C=O) groups excluding carboxylic acids is 2. The van der Waals surface area contributed by atoms with Crippen LogP contribution in [0.15, 0.2) is 48.5 Å². The van der Waals surface area contributed by atoms with Crippen LogP contribution in [0.3, 0.4) is 0 Å². The van der Waals surface area contributed by atoms with Crippen LogP contribution in [0.2, 0.25) is 0 Å². The number of halogens is 3. The Morgan fingerprint density at radius 2 is 1.54 bits per heavy atom. The summed E-state index contributed by atoms with van der Waals surface area (Å²) in [4.78, 5) is 26.4. The highest BCUT2D eigenvalue weighted by molar-refractivity contribution is 6.05. The first-order chi connectivity index (χ1) is 13.2. The molecule has 2 aromatic carbocycles. The second-order valence-corrected chi connectivity index (χ2v) is 6.12. The van der Waals surface area contributed by atoms with E-state index in [0.717, 1.165) is 25.2 Å². The molecule has 0 aliphatic carbocycles. The van der Waals surface area contributed by atoms with E-state index in [1.807, 2.05) is 18.7 Å². The van der Waals surface area contributed by atoms with E-state index in [4.69, 9.17) is 0 Å². The second-order valence-electron chi connectivity index (χ2n) is 6.12. The van der Waals surface area contributed by atoms with Gasteiger partial charge in [0.15, 0.2) is 0 Å². The van der Waals surface area contributed by atoms with Crippen LogP contribution in [-0.2, 0) is 11.0 Å². The molecular formula is C20H22F3N3O2. The summed E-state index contributed by atoms with van der Waals surface area (Å²) in [7, 11) is 0. The van der Waals surface area contributed by atoms with Gasteiger partial charge in [0.2, 0.25) is 5.91 Å². The SMILES string of the molecule is CCN(CC)CC(=O)Nc1cccc(C(=O)Nc2cccc(C(F)(F)F)c2)c1. The maximum Gasteiger partial charge on any atom is 0.416 e. The Balaban J connectivity index is 2.07. The molecule has 0 atom stereocenters. The largest absolute Gasteiger partial charge is 0.416 e. The van der Waals surface area contributed by atoms with Crippen LogP contribution in [0.4, 0.5) is 24.5 Å². The Labute approximate surface area is 161 Å². The fourth-order valence-corrected chi connectivity index (χ4v) is 2.57. The van der Waals surface area contributed by atoms with Crippen molar-refractivity contribution in [3.8, 4) is 0 Å². The number of likely N-dealkylation sites (N-methyl/N-ethyl adjacent to an activating group) is 1. The van der Waals surface area contributed by atoms with Crippen molar-refractivity contribution >= 4 is 23.2 Å². The molecule has 0 spiro atoms. The summed E-state index contributed by atoms with van der Waals surface area (Å²) in [6.07, 6.45) is -4.49. The Morgan fingerprint density at radius 3 is 2.14 bits per heavy atom. The fraction of sp³-hybridized carbons (Fsp3) is 0.300. The first-order valence-electron chi connectivity index (χ1n) is 8.83. The van der Waals surface area contributed by atoms with Gasteiger partial charge in [-0.15, -0.1) is 0 Å². The highest BCUT2D eigenvalue weighted by Gasteiger charge is 2.30. The lowest BCUT2D eigenvalue weighted by Crippen LogP contribution is -2.32. The van der Waals surface area contributed by atoms with Crippen LogP contribution in [-0.4, -0.2) is 36.3 Å². The average molecular weight is 393 g/mol. The van der Waals surface area contributed by atoms with Crippen molar-refractivity contribution < 1.29 is 22.8 Å². The molecule has 0 aliphatic rings. The minimum absolute atomic E-state index is 0.0378. The molecule has 2 rings (SSSR count). The third kappa shape index (κ3) is 6.09. The summed E-state index contributed by atoms with van der Waals surface area (Å²) in [5.41, 5.74) is -0.148. The molecule has 0 fully saturated rings. The summed E-state index contributed by atoms with van der Waals surface area (Å²) in [6, 6.07) is 10.6. The van der Waals surface area contributed by atoms with Gasteiger partial charge in [-0.1, -0.05) is 26.0 Å². The minimum atomic E-state index is -4.49. The normalized spacial score (nSPS) is 11.4. The van der Waals surface area contributed by atoms with Gasteiger partial charge in [0, 0.05) is 16.9 Å². The number of nitrogens with zero attached hydrogens (tertiary/aromatic N) is 1. The van der Waals surface area contributed by atoms with Crippen molar-refractivity contribution in [1.82, 2.24) is 4.90 Å². The Morgan fingerprint density at radius 1 is 0.929 bits per heavy atom. The Kier molecular flexibility index (Phi) is 7.17. The van der Waals surface area contributed by atoms with Crippen LogP contribution < -0.4 is 10.6 Å². The first-order valence-corrected chi connectivity index (χ1v) is 8.83. The lowest BCUT2D eigenvalue weighted by Gasteiger charge is -2.17. The number of carbonyl (C=O) groups is 2. The molecular weight excluding hydrogens is 371 g/mol. The number of hydrogen-bond donors (Lipinski definition) is 2. The molecule has 0 unspecified atom stereocenters. The van der Waals surface area contributed by atoms with Gasteiger partial charge in [-0.3, -0.25) is 14.5 Å². The topological polar surface area (TPSA) is 61.4 Å². The molecule has 28 heavy (non-hydrogen) atoms. The third-order valence-electron chi connectivity index (χ3n) is 4.12.